The third-order valence-electron chi connectivity index (χ3n) is 1.49. The van der Waals surface area contributed by atoms with Crippen molar-refractivity contribution in [3.05, 3.63) is 24.3 Å². The Morgan fingerprint density at radius 2 is 2.27 bits per heavy atom. The maximum absolute atomic E-state index is 11.0. The van der Waals surface area contributed by atoms with E-state index in [1.54, 1.807) is 12.1 Å². The Kier molecular flexibility index (Phi) is 5.09. The SMILES string of the molecule is C#CCSc1ccccc1OC(=O)CCl. The number of hydrogen-bond acceptors (Lipinski definition) is 3. The van der Waals surface area contributed by atoms with Crippen LogP contribution >= 0.6 is 23.4 Å². The third kappa shape index (κ3) is 3.86. The first-order chi connectivity index (χ1) is 7.27. The molecule has 0 unspecified atom stereocenters. The first kappa shape index (κ1) is 12.0. The van der Waals surface area contributed by atoms with Crippen molar-refractivity contribution in [1.29, 1.82) is 0 Å². The van der Waals surface area contributed by atoms with Gasteiger partial charge in [0.05, 0.1) is 10.6 Å². The molecule has 0 fully saturated rings. The van der Waals surface area contributed by atoms with Crippen LogP contribution < -0.4 is 4.74 Å². The number of halogens is 1. The van der Waals surface area contributed by atoms with Gasteiger partial charge in [-0.25, -0.2) is 0 Å². The molecule has 0 aliphatic carbocycles. The molecule has 0 amide bonds. The first-order valence-electron chi connectivity index (χ1n) is 4.20. The Bertz CT molecular complexity index is 384. The minimum atomic E-state index is -0.467. The van der Waals surface area contributed by atoms with Crippen LogP contribution in [0, 0.1) is 12.3 Å². The van der Waals surface area contributed by atoms with E-state index >= 15 is 0 Å². The van der Waals surface area contributed by atoms with E-state index in [0.717, 1.165) is 4.90 Å². The lowest BCUT2D eigenvalue weighted by atomic mass is 10.3. The van der Waals surface area contributed by atoms with Gasteiger partial charge < -0.3 is 4.74 Å². The highest BCUT2D eigenvalue weighted by Gasteiger charge is 2.07. The van der Waals surface area contributed by atoms with E-state index in [9.17, 15) is 4.79 Å². The fraction of sp³-hybridized carbons (Fsp3) is 0.182. The van der Waals surface area contributed by atoms with Gasteiger partial charge >= 0.3 is 5.97 Å². The number of alkyl halides is 1. The van der Waals surface area contributed by atoms with Crippen molar-refractivity contribution >= 4 is 29.3 Å². The van der Waals surface area contributed by atoms with E-state index in [-0.39, 0.29) is 5.88 Å². The molecule has 0 heterocycles. The summed E-state index contributed by atoms with van der Waals surface area (Å²) < 4.78 is 5.03. The monoisotopic (exact) mass is 240 g/mol. The number of terminal acetylenes is 1. The van der Waals surface area contributed by atoms with Crippen molar-refractivity contribution in [2.75, 3.05) is 11.6 Å². The second-order valence-corrected chi connectivity index (χ2v) is 3.83. The van der Waals surface area contributed by atoms with Gasteiger partial charge in [0.2, 0.25) is 0 Å². The van der Waals surface area contributed by atoms with Crippen LogP contribution in [0.1, 0.15) is 0 Å². The van der Waals surface area contributed by atoms with Gasteiger partial charge in [0.25, 0.3) is 0 Å². The number of carbonyl (C=O) groups is 1. The predicted octanol–water partition coefficient (Wildman–Crippen LogP) is 2.56. The molecule has 0 bridgehead atoms. The fourth-order valence-corrected chi connectivity index (χ4v) is 1.64. The number of hydrogen-bond donors (Lipinski definition) is 0. The fourth-order valence-electron chi connectivity index (χ4n) is 0.923. The van der Waals surface area contributed by atoms with Gasteiger partial charge in [0.1, 0.15) is 11.6 Å². The summed E-state index contributed by atoms with van der Waals surface area (Å²) in [6.45, 7) is 0. The summed E-state index contributed by atoms with van der Waals surface area (Å²) in [5.74, 6) is 2.92. The van der Waals surface area contributed by atoms with Gasteiger partial charge in [0, 0.05) is 0 Å². The van der Waals surface area contributed by atoms with E-state index in [2.05, 4.69) is 5.92 Å². The number of benzene rings is 1. The van der Waals surface area contributed by atoms with E-state index in [1.165, 1.54) is 11.8 Å². The Labute approximate surface area is 98.0 Å². The summed E-state index contributed by atoms with van der Waals surface area (Å²) in [5, 5.41) is 0. The smallest absolute Gasteiger partial charge is 0.326 e. The van der Waals surface area contributed by atoms with Crippen molar-refractivity contribution < 1.29 is 9.53 Å². The number of para-hydroxylation sites is 1. The second-order valence-electron chi connectivity index (χ2n) is 2.55. The Morgan fingerprint density at radius 3 is 2.93 bits per heavy atom. The van der Waals surface area contributed by atoms with Gasteiger partial charge in [-0.2, -0.15) is 0 Å². The minimum absolute atomic E-state index is 0.159. The Hall–Kier alpha value is -1.11. The number of rotatable bonds is 4. The summed E-state index contributed by atoms with van der Waals surface area (Å²) in [5.41, 5.74) is 0. The topological polar surface area (TPSA) is 26.3 Å². The maximum Gasteiger partial charge on any atom is 0.326 e. The average Bonchev–Trinajstić information content (AvgIpc) is 2.28. The highest BCUT2D eigenvalue weighted by atomic mass is 35.5. The van der Waals surface area contributed by atoms with Crippen molar-refractivity contribution in [2.24, 2.45) is 0 Å². The lowest BCUT2D eigenvalue weighted by Gasteiger charge is -2.06. The number of esters is 1. The molecule has 0 aromatic heterocycles. The molecule has 0 atom stereocenters. The molecule has 0 radical (unpaired) electrons. The molecule has 0 aliphatic rings. The zero-order valence-corrected chi connectivity index (χ0v) is 9.48. The Morgan fingerprint density at radius 1 is 1.53 bits per heavy atom. The van der Waals surface area contributed by atoms with Gasteiger partial charge in [-0.3, -0.25) is 4.79 Å². The molecule has 1 aromatic carbocycles. The molecular formula is C11H9ClO2S. The normalized spacial score (nSPS) is 9.33. The number of carbonyl (C=O) groups excluding carboxylic acids is 1. The van der Waals surface area contributed by atoms with Gasteiger partial charge in [-0.1, -0.05) is 18.1 Å². The van der Waals surface area contributed by atoms with Crippen LogP contribution in [-0.4, -0.2) is 17.6 Å². The zero-order chi connectivity index (χ0) is 11.1. The van der Waals surface area contributed by atoms with Crippen LogP contribution in [0.3, 0.4) is 0 Å². The number of thioether (sulfide) groups is 1. The number of ether oxygens (including phenoxy) is 1. The summed E-state index contributed by atoms with van der Waals surface area (Å²) in [7, 11) is 0. The van der Waals surface area contributed by atoms with Gasteiger partial charge in [0.15, 0.2) is 0 Å². The molecular weight excluding hydrogens is 232 g/mol. The molecule has 2 nitrogen and oxygen atoms in total. The predicted molar refractivity (Wildman–Crippen MR) is 62.4 cm³/mol. The van der Waals surface area contributed by atoms with E-state index < -0.39 is 5.97 Å². The molecule has 0 aliphatic heterocycles. The Balaban J connectivity index is 2.77. The third-order valence-corrected chi connectivity index (χ3v) is 2.67. The van der Waals surface area contributed by atoms with Gasteiger partial charge in [-0.15, -0.1) is 29.8 Å². The molecule has 1 rings (SSSR count). The van der Waals surface area contributed by atoms with E-state index in [0.29, 0.717) is 11.5 Å². The largest absolute Gasteiger partial charge is 0.424 e. The maximum atomic E-state index is 11.0. The molecule has 0 saturated carbocycles. The van der Waals surface area contributed by atoms with E-state index in [4.69, 9.17) is 22.8 Å². The lowest BCUT2D eigenvalue weighted by Crippen LogP contribution is -2.09. The molecule has 0 saturated heterocycles. The highest BCUT2D eigenvalue weighted by Crippen LogP contribution is 2.28. The molecule has 78 valence electrons. The van der Waals surface area contributed by atoms with Crippen LogP contribution in [0.2, 0.25) is 0 Å². The van der Waals surface area contributed by atoms with Crippen LogP contribution in [0.15, 0.2) is 29.2 Å². The quantitative estimate of drug-likeness (QED) is 0.266. The zero-order valence-electron chi connectivity index (χ0n) is 7.90. The highest BCUT2D eigenvalue weighted by molar-refractivity contribution is 7.99. The average molecular weight is 241 g/mol. The molecule has 0 spiro atoms. The lowest BCUT2D eigenvalue weighted by molar-refractivity contribution is -0.131. The van der Waals surface area contributed by atoms with Crippen molar-refractivity contribution in [2.45, 2.75) is 4.90 Å². The summed E-state index contributed by atoms with van der Waals surface area (Å²) in [4.78, 5) is 11.8. The van der Waals surface area contributed by atoms with Crippen LogP contribution in [0.5, 0.6) is 5.75 Å². The molecule has 4 heteroatoms. The summed E-state index contributed by atoms with van der Waals surface area (Å²) in [6.07, 6.45) is 5.15. The van der Waals surface area contributed by atoms with Gasteiger partial charge in [-0.05, 0) is 12.1 Å². The standard InChI is InChI=1S/C11H9ClO2S/c1-2-7-15-10-6-4-3-5-9(10)14-11(13)8-12/h1,3-6H,7-8H2. The van der Waals surface area contributed by atoms with Crippen molar-refractivity contribution in [3.8, 4) is 18.1 Å². The molecule has 1 aromatic rings. The van der Waals surface area contributed by atoms with Crippen molar-refractivity contribution in [1.82, 2.24) is 0 Å². The summed E-state index contributed by atoms with van der Waals surface area (Å²) in [6, 6.07) is 7.20. The van der Waals surface area contributed by atoms with Crippen LogP contribution in [0.4, 0.5) is 0 Å². The van der Waals surface area contributed by atoms with Crippen LogP contribution in [0.25, 0.3) is 0 Å². The molecule has 0 N–H and O–H groups in total. The summed E-state index contributed by atoms with van der Waals surface area (Å²) >= 11 is 6.79. The van der Waals surface area contributed by atoms with E-state index in [1.807, 2.05) is 12.1 Å². The molecule has 15 heavy (non-hydrogen) atoms. The second kappa shape index (κ2) is 6.39. The van der Waals surface area contributed by atoms with Crippen molar-refractivity contribution in [3.63, 3.8) is 0 Å². The van der Waals surface area contributed by atoms with Crippen LogP contribution in [-0.2, 0) is 4.79 Å². The first-order valence-corrected chi connectivity index (χ1v) is 5.72. The minimum Gasteiger partial charge on any atom is -0.424 e.